The fraction of sp³-hybridized carbons (Fsp3) is 0.450. The highest BCUT2D eigenvalue weighted by Crippen LogP contribution is 2.33. The van der Waals surface area contributed by atoms with E-state index in [4.69, 9.17) is 0 Å². The Kier molecular flexibility index (Phi) is 5.70. The van der Waals surface area contributed by atoms with Crippen molar-refractivity contribution in [2.45, 2.75) is 31.7 Å². The quantitative estimate of drug-likeness (QED) is 0.887. The summed E-state index contributed by atoms with van der Waals surface area (Å²) >= 11 is 0. The van der Waals surface area contributed by atoms with Gasteiger partial charge >= 0.3 is 0 Å². The van der Waals surface area contributed by atoms with Gasteiger partial charge in [-0.25, -0.2) is 0 Å². The van der Waals surface area contributed by atoms with Crippen LogP contribution in [0.3, 0.4) is 0 Å². The fourth-order valence-electron chi connectivity index (χ4n) is 3.67. The Bertz CT molecular complexity index is 624. The van der Waals surface area contributed by atoms with Crippen molar-refractivity contribution in [2.24, 2.45) is 5.92 Å². The van der Waals surface area contributed by atoms with Crippen LogP contribution < -0.4 is 0 Å². The maximum Gasteiger partial charge on any atom is 0.222 e. The van der Waals surface area contributed by atoms with Crippen molar-refractivity contribution in [2.75, 3.05) is 19.7 Å². The van der Waals surface area contributed by atoms with Gasteiger partial charge in [-0.2, -0.15) is 0 Å². The van der Waals surface area contributed by atoms with Crippen LogP contribution in [0.1, 0.15) is 30.7 Å². The predicted molar refractivity (Wildman–Crippen MR) is 94.6 cm³/mol. The number of aromatic nitrogens is 1. The molecule has 0 aliphatic carbocycles. The monoisotopic (exact) mass is 326 g/mol. The number of aliphatic hydroxyl groups is 1. The average Bonchev–Trinajstić information content (AvgIpc) is 3.15. The zero-order chi connectivity index (χ0) is 16.8. The third kappa shape index (κ3) is 4.06. The van der Waals surface area contributed by atoms with Gasteiger partial charge in [0.05, 0.1) is 0 Å². The molecule has 2 aromatic rings. The van der Waals surface area contributed by atoms with Gasteiger partial charge in [-0.05, 0) is 36.5 Å². The molecule has 3 rings (SSSR count). The van der Waals surface area contributed by atoms with Gasteiger partial charge in [-0.1, -0.05) is 30.3 Å². The van der Waals surface area contributed by atoms with Gasteiger partial charge in [0.1, 0.15) is 0 Å². The Balaban J connectivity index is 1.52. The zero-order valence-corrected chi connectivity index (χ0v) is 14.1. The molecule has 0 saturated carbocycles. The number of carbonyl (C=O) groups excluding carboxylic acids is 1. The third-order valence-electron chi connectivity index (χ3n) is 5.02. The minimum absolute atomic E-state index is 0.132. The van der Waals surface area contributed by atoms with Crippen LogP contribution in [0.15, 0.2) is 54.9 Å². The molecule has 1 amide bonds. The summed E-state index contributed by atoms with van der Waals surface area (Å²) in [4.78, 5) is 14.4. The van der Waals surface area contributed by atoms with Crippen LogP contribution in [0.2, 0.25) is 0 Å². The highest BCUT2D eigenvalue weighted by Gasteiger charge is 2.31. The number of rotatable bonds is 6. The van der Waals surface area contributed by atoms with Crippen molar-refractivity contribution in [1.82, 2.24) is 9.47 Å². The molecule has 4 heteroatoms. The number of amides is 1. The summed E-state index contributed by atoms with van der Waals surface area (Å²) < 4.78 is 2.10. The smallest absolute Gasteiger partial charge is 0.222 e. The van der Waals surface area contributed by atoms with E-state index in [1.807, 2.05) is 47.6 Å². The lowest BCUT2D eigenvalue weighted by molar-refractivity contribution is -0.133. The summed E-state index contributed by atoms with van der Waals surface area (Å²) in [7, 11) is 0. The molecule has 2 atom stereocenters. The number of aryl methyl sites for hydroxylation is 1. The van der Waals surface area contributed by atoms with Crippen LogP contribution in [0, 0.1) is 5.92 Å². The van der Waals surface area contributed by atoms with Gasteiger partial charge in [0.25, 0.3) is 0 Å². The molecule has 1 saturated heterocycles. The van der Waals surface area contributed by atoms with Crippen molar-refractivity contribution in [1.29, 1.82) is 0 Å². The summed E-state index contributed by atoms with van der Waals surface area (Å²) in [5.74, 6) is 0.696. The Morgan fingerprint density at radius 1 is 1.12 bits per heavy atom. The van der Waals surface area contributed by atoms with Crippen molar-refractivity contribution in [3.63, 3.8) is 0 Å². The first-order chi connectivity index (χ1) is 11.8. The molecular formula is C20H26N2O2. The fourth-order valence-corrected chi connectivity index (χ4v) is 3.67. The SMILES string of the molecule is O=C(CCCn1cccc1)N1CC[C@@H](c2ccccc2)[C@@H](CO)C1. The first kappa shape index (κ1) is 16.8. The molecule has 1 N–H and O–H groups in total. The third-order valence-corrected chi connectivity index (χ3v) is 5.02. The summed E-state index contributed by atoms with van der Waals surface area (Å²) in [5, 5.41) is 9.78. The van der Waals surface area contributed by atoms with Crippen LogP contribution in [0.4, 0.5) is 0 Å². The van der Waals surface area contributed by atoms with Crippen molar-refractivity contribution in [3.8, 4) is 0 Å². The first-order valence-electron chi connectivity index (χ1n) is 8.82. The summed E-state index contributed by atoms with van der Waals surface area (Å²) in [6, 6.07) is 14.4. The highest BCUT2D eigenvalue weighted by atomic mass is 16.3. The lowest BCUT2D eigenvalue weighted by atomic mass is 9.81. The minimum Gasteiger partial charge on any atom is -0.396 e. The number of hydrogen-bond acceptors (Lipinski definition) is 2. The standard InChI is InChI=1S/C20H26N2O2/c23-16-18-15-22(14-10-19(18)17-7-2-1-3-8-17)20(24)9-6-13-21-11-4-5-12-21/h1-5,7-8,11-12,18-19,23H,6,9-10,13-16H2/t18-,19+/m1/s1. The maximum atomic E-state index is 12.5. The normalized spacial score (nSPS) is 21.0. The van der Waals surface area contributed by atoms with Gasteiger partial charge in [-0.3, -0.25) is 4.79 Å². The van der Waals surface area contributed by atoms with Crippen molar-refractivity contribution in [3.05, 3.63) is 60.4 Å². The van der Waals surface area contributed by atoms with Gasteiger partial charge < -0.3 is 14.6 Å². The minimum atomic E-state index is 0.132. The second-order valence-corrected chi connectivity index (χ2v) is 6.61. The second-order valence-electron chi connectivity index (χ2n) is 6.61. The summed E-state index contributed by atoms with van der Waals surface area (Å²) in [5.41, 5.74) is 1.27. The van der Waals surface area contributed by atoms with Gasteiger partial charge in [0, 0.05) is 51.0 Å². The Hall–Kier alpha value is -2.07. The lowest BCUT2D eigenvalue weighted by Gasteiger charge is -2.38. The van der Waals surface area contributed by atoms with Crippen LogP contribution in [0.5, 0.6) is 0 Å². The van der Waals surface area contributed by atoms with Crippen LogP contribution in [0.25, 0.3) is 0 Å². The molecule has 2 heterocycles. The van der Waals surface area contributed by atoms with Gasteiger partial charge in [0.15, 0.2) is 0 Å². The predicted octanol–water partition coefficient (Wildman–Crippen LogP) is 2.89. The van der Waals surface area contributed by atoms with E-state index in [1.165, 1.54) is 5.56 Å². The van der Waals surface area contributed by atoms with E-state index < -0.39 is 0 Å². The van der Waals surface area contributed by atoms with Gasteiger partial charge in [0.2, 0.25) is 5.91 Å². The number of aliphatic hydroxyl groups excluding tert-OH is 1. The van der Waals surface area contributed by atoms with E-state index in [1.54, 1.807) is 0 Å². The summed E-state index contributed by atoms with van der Waals surface area (Å²) in [6.45, 7) is 2.46. The Morgan fingerprint density at radius 2 is 1.88 bits per heavy atom. The molecule has 1 aromatic heterocycles. The van der Waals surface area contributed by atoms with Crippen molar-refractivity contribution < 1.29 is 9.90 Å². The zero-order valence-electron chi connectivity index (χ0n) is 14.1. The van der Waals surface area contributed by atoms with Gasteiger partial charge in [-0.15, -0.1) is 0 Å². The topological polar surface area (TPSA) is 45.5 Å². The molecule has 0 unspecified atom stereocenters. The lowest BCUT2D eigenvalue weighted by Crippen LogP contribution is -2.44. The highest BCUT2D eigenvalue weighted by molar-refractivity contribution is 5.76. The largest absolute Gasteiger partial charge is 0.396 e. The number of benzene rings is 1. The van der Waals surface area contributed by atoms with E-state index in [0.717, 1.165) is 25.9 Å². The molecule has 0 bridgehead atoms. The Labute approximate surface area is 143 Å². The maximum absolute atomic E-state index is 12.5. The number of likely N-dealkylation sites (tertiary alicyclic amines) is 1. The van der Waals surface area contributed by atoms with E-state index in [-0.39, 0.29) is 18.4 Å². The molecule has 1 aliphatic rings. The van der Waals surface area contributed by atoms with Crippen molar-refractivity contribution >= 4 is 5.91 Å². The van der Waals surface area contributed by atoms with E-state index in [9.17, 15) is 9.90 Å². The molecule has 1 aliphatic heterocycles. The average molecular weight is 326 g/mol. The molecule has 0 radical (unpaired) electrons. The number of piperidine rings is 1. The Morgan fingerprint density at radius 3 is 2.58 bits per heavy atom. The summed E-state index contributed by atoms with van der Waals surface area (Å²) in [6.07, 6.45) is 6.41. The van der Waals surface area contributed by atoms with Crippen LogP contribution in [-0.4, -0.2) is 40.2 Å². The van der Waals surface area contributed by atoms with E-state index in [2.05, 4.69) is 16.7 Å². The van der Waals surface area contributed by atoms with Crippen LogP contribution >= 0.6 is 0 Å². The number of carbonyl (C=O) groups is 1. The molecular weight excluding hydrogens is 300 g/mol. The van der Waals surface area contributed by atoms with E-state index in [0.29, 0.717) is 18.9 Å². The molecule has 1 aromatic carbocycles. The van der Waals surface area contributed by atoms with Crippen LogP contribution in [-0.2, 0) is 11.3 Å². The molecule has 4 nitrogen and oxygen atoms in total. The first-order valence-corrected chi connectivity index (χ1v) is 8.82. The van der Waals surface area contributed by atoms with E-state index >= 15 is 0 Å². The second kappa shape index (κ2) is 8.15. The number of hydrogen-bond donors (Lipinski definition) is 1. The molecule has 24 heavy (non-hydrogen) atoms. The molecule has 0 spiro atoms. The molecule has 1 fully saturated rings. The number of nitrogens with zero attached hydrogens (tertiary/aromatic N) is 2. The molecule has 128 valence electrons.